The molecular formula is C18H21N3O4. The van der Waals surface area contributed by atoms with Gasteiger partial charge in [-0.3, -0.25) is 14.9 Å². The molecular weight excluding hydrogens is 322 g/mol. The van der Waals surface area contributed by atoms with Gasteiger partial charge >= 0.3 is 0 Å². The summed E-state index contributed by atoms with van der Waals surface area (Å²) in [5.41, 5.74) is -0.132. The molecule has 1 aromatic rings. The number of para-hydroxylation sites is 1. The Hall–Kier alpha value is -2.44. The zero-order valence-electron chi connectivity index (χ0n) is 14.2. The maximum Gasteiger partial charge on any atom is 0.294 e. The van der Waals surface area contributed by atoms with Crippen LogP contribution in [-0.2, 0) is 4.79 Å². The highest BCUT2D eigenvalue weighted by atomic mass is 16.6. The van der Waals surface area contributed by atoms with E-state index >= 15 is 0 Å². The average Bonchev–Trinajstić information content (AvgIpc) is 3.06. The molecule has 0 saturated heterocycles. The monoisotopic (exact) mass is 343 g/mol. The number of hydrogen-bond donors (Lipinski definition) is 0. The molecule has 1 saturated carbocycles. The summed E-state index contributed by atoms with van der Waals surface area (Å²) >= 11 is 0. The van der Waals surface area contributed by atoms with Crippen molar-refractivity contribution in [2.75, 3.05) is 6.54 Å². The average molecular weight is 343 g/mol. The van der Waals surface area contributed by atoms with Crippen molar-refractivity contribution >= 4 is 11.6 Å². The van der Waals surface area contributed by atoms with E-state index in [9.17, 15) is 14.9 Å². The lowest BCUT2D eigenvalue weighted by Crippen LogP contribution is -2.55. The molecule has 1 fully saturated rings. The fraction of sp³-hybridized carbons (Fsp3) is 0.556. The highest BCUT2D eigenvalue weighted by molar-refractivity contribution is 6.16. The first-order valence-corrected chi connectivity index (χ1v) is 8.83. The van der Waals surface area contributed by atoms with Gasteiger partial charge in [-0.15, -0.1) is 0 Å². The van der Waals surface area contributed by atoms with Crippen molar-refractivity contribution in [1.82, 2.24) is 5.01 Å². The summed E-state index contributed by atoms with van der Waals surface area (Å²) in [6.45, 7) is 1.40. The second-order valence-corrected chi connectivity index (χ2v) is 7.07. The van der Waals surface area contributed by atoms with Gasteiger partial charge in [-0.1, -0.05) is 37.5 Å². The Morgan fingerprint density at radius 1 is 1.32 bits per heavy atom. The number of rotatable bonds is 3. The minimum Gasteiger partial charge on any atom is -0.470 e. The number of amides is 1. The van der Waals surface area contributed by atoms with Crippen molar-refractivity contribution in [3.63, 3.8) is 0 Å². The molecule has 132 valence electrons. The molecule has 0 N–H and O–H groups in total. The Labute approximate surface area is 145 Å². The van der Waals surface area contributed by atoms with E-state index in [0.717, 1.165) is 25.7 Å². The van der Waals surface area contributed by atoms with Crippen LogP contribution in [0.25, 0.3) is 0 Å². The predicted molar refractivity (Wildman–Crippen MR) is 91.2 cm³/mol. The summed E-state index contributed by atoms with van der Waals surface area (Å²) in [6, 6.07) is 7.27. The second-order valence-electron chi connectivity index (χ2n) is 7.07. The molecule has 1 amide bonds. The van der Waals surface area contributed by atoms with Crippen LogP contribution >= 0.6 is 0 Å². The van der Waals surface area contributed by atoms with Crippen LogP contribution in [0.4, 0.5) is 0 Å². The summed E-state index contributed by atoms with van der Waals surface area (Å²) in [5.74, 6) is -0.355. The van der Waals surface area contributed by atoms with E-state index in [1.54, 1.807) is 18.0 Å². The Bertz CT molecular complexity index is 756. The van der Waals surface area contributed by atoms with Gasteiger partial charge in [0, 0.05) is 10.5 Å². The molecule has 1 spiro atoms. The van der Waals surface area contributed by atoms with Gasteiger partial charge in [-0.2, -0.15) is 5.10 Å². The van der Waals surface area contributed by atoms with Gasteiger partial charge in [0.2, 0.25) is 12.1 Å². The van der Waals surface area contributed by atoms with Crippen LogP contribution in [0.15, 0.2) is 29.4 Å². The quantitative estimate of drug-likeness (QED) is 0.624. The molecule has 4 rings (SSSR count). The lowest BCUT2D eigenvalue weighted by Gasteiger charge is -2.31. The van der Waals surface area contributed by atoms with Crippen LogP contribution in [0.5, 0.6) is 5.75 Å². The third kappa shape index (κ3) is 2.33. The molecule has 0 aromatic heterocycles. The summed E-state index contributed by atoms with van der Waals surface area (Å²) in [7, 11) is 0. The zero-order chi connectivity index (χ0) is 17.6. The Morgan fingerprint density at radius 3 is 2.76 bits per heavy atom. The summed E-state index contributed by atoms with van der Waals surface area (Å²) in [6.07, 6.45) is 5.18. The minimum absolute atomic E-state index is 0.0687. The second kappa shape index (κ2) is 5.82. The van der Waals surface area contributed by atoms with Gasteiger partial charge in [-0.25, -0.2) is 5.01 Å². The number of carbonyl (C=O) groups is 1. The molecule has 0 unspecified atom stereocenters. The van der Waals surface area contributed by atoms with Crippen LogP contribution in [-0.4, -0.2) is 39.7 Å². The van der Waals surface area contributed by atoms with Crippen molar-refractivity contribution in [3.05, 3.63) is 39.9 Å². The summed E-state index contributed by atoms with van der Waals surface area (Å²) in [4.78, 5) is 24.3. The number of carbonyl (C=O) groups excluding carboxylic acids is 1. The molecule has 7 nitrogen and oxygen atoms in total. The molecule has 25 heavy (non-hydrogen) atoms. The van der Waals surface area contributed by atoms with Crippen molar-refractivity contribution in [2.24, 2.45) is 5.10 Å². The van der Waals surface area contributed by atoms with Crippen molar-refractivity contribution < 1.29 is 14.5 Å². The molecule has 1 aliphatic carbocycles. The Kier molecular flexibility index (Phi) is 3.74. The van der Waals surface area contributed by atoms with Crippen LogP contribution in [0.1, 0.15) is 50.5 Å². The van der Waals surface area contributed by atoms with E-state index in [1.807, 2.05) is 18.2 Å². The van der Waals surface area contributed by atoms with Gasteiger partial charge in [0.1, 0.15) is 11.7 Å². The van der Waals surface area contributed by atoms with E-state index in [4.69, 9.17) is 4.74 Å². The van der Waals surface area contributed by atoms with Crippen LogP contribution in [0.2, 0.25) is 0 Å². The van der Waals surface area contributed by atoms with E-state index in [1.165, 1.54) is 6.42 Å². The van der Waals surface area contributed by atoms with Gasteiger partial charge in [-0.05, 0) is 25.8 Å². The molecule has 7 heteroatoms. The maximum absolute atomic E-state index is 13.4. The molecule has 2 aliphatic heterocycles. The standard InChI is InChI=1S/C18H21N3O4/c1-12-18(17(22)21(19-12)13-7-3-2-4-8-13)15(11-20(23)24)14-9-5-6-10-16(14)25-18/h5-6,9-10,13,15H,2-4,7-8,11H2,1H3/t15-,18+/m0/s1. The lowest BCUT2D eigenvalue weighted by atomic mass is 9.80. The van der Waals surface area contributed by atoms with Gasteiger partial charge in [0.15, 0.2) is 0 Å². The van der Waals surface area contributed by atoms with E-state index in [2.05, 4.69) is 5.10 Å². The van der Waals surface area contributed by atoms with Gasteiger partial charge < -0.3 is 4.74 Å². The normalized spacial score (nSPS) is 28.8. The molecule has 3 aliphatic rings. The topological polar surface area (TPSA) is 85.0 Å². The number of nitro groups is 1. The Balaban J connectivity index is 1.74. The van der Waals surface area contributed by atoms with E-state index in [0.29, 0.717) is 17.0 Å². The zero-order valence-corrected chi connectivity index (χ0v) is 14.2. The summed E-state index contributed by atoms with van der Waals surface area (Å²) in [5, 5.41) is 17.4. The van der Waals surface area contributed by atoms with Crippen molar-refractivity contribution in [1.29, 1.82) is 0 Å². The first-order valence-electron chi connectivity index (χ1n) is 8.83. The van der Waals surface area contributed by atoms with Crippen molar-refractivity contribution in [3.8, 4) is 5.75 Å². The largest absolute Gasteiger partial charge is 0.470 e. The number of nitrogens with zero attached hydrogens (tertiary/aromatic N) is 3. The number of hydrogen-bond acceptors (Lipinski definition) is 5. The van der Waals surface area contributed by atoms with Crippen molar-refractivity contribution in [2.45, 2.75) is 56.6 Å². The van der Waals surface area contributed by atoms with E-state index < -0.39 is 11.5 Å². The van der Waals surface area contributed by atoms with Crippen LogP contribution < -0.4 is 4.74 Å². The first kappa shape index (κ1) is 16.1. The SMILES string of the molecule is CC1=NN(C2CCCCC2)C(=O)[C@@]12Oc1ccccc1[C@@H]2C[N+](=O)[O-]. The van der Waals surface area contributed by atoms with E-state index in [-0.39, 0.29) is 23.4 Å². The van der Waals surface area contributed by atoms with Crippen LogP contribution in [0.3, 0.4) is 0 Å². The Morgan fingerprint density at radius 2 is 2.04 bits per heavy atom. The number of hydrazone groups is 1. The number of benzene rings is 1. The van der Waals surface area contributed by atoms with Crippen LogP contribution in [0, 0.1) is 10.1 Å². The molecule has 2 atom stereocenters. The minimum atomic E-state index is -1.37. The summed E-state index contributed by atoms with van der Waals surface area (Å²) < 4.78 is 6.09. The third-order valence-corrected chi connectivity index (χ3v) is 5.63. The first-order chi connectivity index (χ1) is 12.0. The van der Waals surface area contributed by atoms with Gasteiger partial charge in [0.05, 0.1) is 11.8 Å². The molecule has 0 bridgehead atoms. The molecule has 1 aromatic carbocycles. The fourth-order valence-electron chi connectivity index (χ4n) is 4.40. The predicted octanol–water partition coefficient (Wildman–Crippen LogP) is 2.73. The fourth-order valence-corrected chi connectivity index (χ4v) is 4.40. The smallest absolute Gasteiger partial charge is 0.294 e. The highest BCUT2D eigenvalue weighted by Gasteiger charge is 2.63. The molecule has 0 radical (unpaired) electrons. The van der Waals surface area contributed by atoms with Gasteiger partial charge in [0.25, 0.3) is 5.91 Å². The number of fused-ring (bicyclic) bond motifs is 1. The molecule has 2 heterocycles. The maximum atomic E-state index is 13.4. The lowest BCUT2D eigenvalue weighted by molar-refractivity contribution is -0.484. The number of ether oxygens (including phenoxy) is 1. The third-order valence-electron chi connectivity index (χ3n) is 5.63. The highest BCUT2D eigenvalue weighted by Crippen LogP contribution is 2.49.